The predicted octanol–water partition coefficient (Wildman–Crippen LogP) is 0.649. The van der Waals surface area contributed by atoms with Crippen LogP contribution in [0.15, 0.2) is 17.1 Å². The largest absolute Gasteiger partial charge is 0.380 e. The number of aromatic nitrogens is 2. The topological polar surface area (TPSA) is 67.5 Å². The summed E-state index contributed by atoms with van der Waals surface area (Å²) in [6.07, 6.45) is 1.64. The Bertz CT molecular complexity index is 371. The molecule has 0 saturated heterocycles. The fourth-order valence-corrected chi connectivity index (χ4v) is 1.55. The SMILES string of the molecule is CCOCCN(CCOCC)c1cn[nH]c(=O)c1. The Hall–Kier alpha value is -1.40. The molecule has 0 unspecified atom stereocenters. The van der Waals surface area contributed by atoms with Crippen molar-refractivity contribution in [3.8, 4) is 0 Å². The van der Waals surface area contributed by atoms with Crippen LogP contribution < -0.4 is 10.5 Å². The monoisotopic (exact) mass is 255 g/mol. The van der Waals surface area contributed by atoms with Gasteiger partial charge in [0.2, 0.25) is 0 Å². The van der Waals surface area contributed by atoms with Crippen molar-refractivity contribution in [1.82, 2.24) is 10.2 Å². The highest BCUT2D eigenvalue weighted by molar-refractivity contribution is 5.42. The molecule has 6 nitrogen and oxygen atoms in total. The summed E-state index contributed by atoms with van der Waals surface area (Å²) in [7, 11) is 0. The molecular formula is C12H21N3O3. The second-order valence-electron chi connectivity index (χ2n) is 3.68. The van der Waals surface area contributed by atoms with Crippen molar-refractivity contribution in [2.45, 2.75) is 13.8 Å². The Labute approximate surface area is 107 Å². The highest BCUT2D eigenvalue weighted by Crippen LogP contribution is 2.08. The lowest BCUT2D eigenvalue weighted by atomic mass is 10.3. The highest BCUT2D eigenvalue weighted by Gasteiger charge is 2.07. The molecule has 1 N–H and O–H groups in total. The molecule has 1 heterocycles. The zero-order valence-corrected chi connectivity index (χ0v) is 11.0. The second-order valence-corrected chi connectivity index (χ2v) is 3.68. The fourth-order valence-electron chi connectivity index (χ4n) is 1.55. The van der Waals surface area contributed by atoms with Crippen LogP contribution in [0.1, 0.15) is 13.8 Å². The first-order chi connectivity index (χ1) is 8.77. The van der Waals surface area contributed by atoms with Crippen LogP contribution in [0.3, 0.4) is 0 Å². The molecular weight excluding hydrogens is 234 g/mol. The van der Waals surface area contributed by atoms with Gasteiger partial charge in [-0.15, -0.1) is 0 Å². The molecule has 18 heavy (non-hydrogen) atoms. The molecule has 1 aromatic rings. The smallest absolute Gasteiger partial charge is 0.266 e. The van der Waals surface area contributed by atoms with E-state index in [-0.39, 0.29) is 5.56 Å². The van der Waals surface area contributed by atoms with E-state index < -0.39 is 0 Å². The Balaban J connectivity index is 2.60. The van der Waals surface area contributed by atoms with Crippen molar-refractivity contribution in [2.75, 3.05) is 44.4 Å². The fraction of sp³-hybridized carbons (Fsp3) is 0.667. The predicted molar refractivity (Wildman–Crippen MR) is 70.1 cm³/mol. The molecule has 0 aliphatic carbocycles. The maximum Gasteiger partial charge on any atom is 0.266 e. The van der Waals surface area contributed by atoms with Crippen molar-refractivity contribution < 1.29 is 9.47 Å². The number of H-pyrrole nitrogens is 1. The van der Waals surface area contributed by atoms with Gasteiger partial charge in [0.25, 0.3) is 5.56 Å². The lowest BCUT2D eigenvalue weighted by molar-refractivity contribution is 0.141. The summed E-state index contributed by atoms with van der Waals surface area (Å²) in [6.45, 7) is 7.96. The van der Waals surface area contributed by atoms with E-state index in [9.17, 15) is 4.79 Å². The molecule has 0 saturated carbocycles. The molecule has 1 aromatic heterocycles. The summed E-state index contributed by atoms with van der Waals surface area (Å²) in [5, 5.41) is 6.17. The first-order valence-electron chi connectivity index (χ1n) is 6.23. The second kappa shape index (κ2) is 8.66. The van der Waals surface area contributed by atoms with Crippen LogP contribution in [0.4, 0.5) is 5.69 Å². The quantitative estimate of drug-likeness (QED) is 0.656. The molecule has 0 bridgehead atoms. The number of nitrogens with zero attached hydrogens (tertiary/aromatic N) is 2. The van der Waals surface area contributed by atoms with Gasteiger partial charge in [-0.1, -0.05) is 0 Å². The lowest BCUT2D eigenvalue weighted by Crippen LogP contribution is -2.32. The van der Waals surface area contributed by atoms with Gasteiger partial charge in [-0.2, -0.15) is 5.10 Å². The van der Waals surface area contributed by atoms with E-state index in [0.29, 0.717) is 39.5 Å². The minimum absolute atomic E-state index is 0.203. The Morgan fingerprint density at radius 3 is 2.33 bits per heavy atom. The maximum atomic E-state index is 11.2. The van der Waals surface area contributed by atoms with Gasteiger partial charge in [0.05, 0.1) is 25.1 Å². The zero-order valence-electron chi connectivity index (χ0n) is 11.0. The van der Waals surface area contributed by atoms with Crippen LogP contribution in [-0.4, -0.2) is 49.7 Å². The van der Waals surface area contributed by atoms with Crippen LogP contribution in [0.5, 0.6) is 0 Å². The Morgan fingerprint density at radius 1 is 1.22 bits per heavy atom. The molecule has 0 fully saturated rings. The van der Waals surface area contributed by atoms with E-state index in [1.807, 2.05) is 18.7 Å². The molecule has 0 aromatic carbocycles. The van der Waals surface area contributed by atoms with Crippen LogP contribution in [-0.2, 0) is 9.47 Å². The average Bonchev–Trinajstić information content (AvgIpc) is 2.37. The van der Waals surface area contributed by atoms with E-state index in [0.717, 1.165) is 5.69 Å². The number of ether oxygens (including phenoxy) is 2. The number of hydrogen-bond acceptors (Lipinski definition) is 5. The molecule has 102 valence electrons. The lowest BCUT2D eigenvalue weighted by Gasteiger charge is -2.23. The summed E-state index contributed by atoms with van der Waals surface area (Å²) in [5.74, 6) is 0. The number of aromatic amines is 1. The van der Waals surface area contributed by atoms with Crippen LogP contribution in [0.25, 0.3) is 0 Å². The van der Waals surface area contributed by atoms with E-state index in [4.69, 9.17) is 9.47 Å². The third kappa shape index (κ3) is 5.29. The standard InChI is InChI=1S/C12H21N3O3/c1-3-17-7-5-15(6-8-18-4-2)11-9-12(16)14-13-10-11/h9-10H,3-8H2,1-2H3,(H,14,16). The van der Waals surface area contributed by atoms with Gasteiger partial charge in [0.1, 0.15) is 0 Å². The van der Waals surface area contributed by atoms with Crippen molar-refractivity contribution in [1.29, 1.82) is 0 Å². The first-order valence-corrected chi connectivity index (χ1v) is 6.23. The minimum atomic E-state index is -0.203. The van der Waals surface area contributed by atoms with Crippen LogP contribution >= 0.6 is 0 Å². The third-order valence-corrected chi connectivity index (χ3v) is 2.44. The van der Waals surface area contributed by atoms with Crippen molar-refractivity contribution in [3.63, 3.8) is 0 Å². The number of anilines is 1. The van der Waals surface area contributed by atoms with Crippen LogP contribution in [0.2, 0.25) is 0 Å². The summed E-state index contributed by atoms with van der Waals surface area (Å²) in [4.78, 5) is 13.3. The van der Waals surface area contributed by atoms with E-state index in [2.05, 4.69) is 10.2 Å². The van der Waals surface area contributed by atoms with Gasteiger partial charge >= 0.3 is 0 Å². The number of hydrogen-bond donors (Lipinski definition) is 1. The van der Waals surface area contributed by atoms with Gasteiger partial charge in [0.15, 0.2) is 0 Å². The number of nitrogens with one attached hydrogen (secondary N) is 1. The zero-order chi connectivity index (χ0) is 13.2. The van der Waals surface area contributed by atoms with E-state index in [1.54, 1.807) is 6.20 Å². The third-order valence-electron chi connectivity index (χ3n) is 2.44. The van der Waals surface area contributed by atoms with Crippen LogP contribution in [0, 0.1) is 0 Å². The molecule has 6 heteroatoms. The van der Waals surface area contributed by atoms with Crippen molar-refractivity contribution in [3.05, 3.63) is 22.6 Å². The number of rotatable bonds is 9. The molecule has 0 aliphatic heterocycles. The van der Waals surface area contributed by atoms with Gasteiger partial charge in [0, 0.05) is 32.4 Å². The van der Waals surface area contributed by atoms with E-state index >= 15 is 0 Å². The Kier molecular flexibility index (Phi) is 7.05. The summed E-state index contributed by atoms with van der Waals surface area (Å²) in [5.41, 5.74) is 0.587. The molecule has 0 amide bonds. The highest BCUT2D eigenvalue weighted by atomic mass is 16.5. The summed E-state index contributed by atoms with van der Waals surface area (Å²) < 4.78 is 10.7. The Morgan fingerprint density at radius 2 is 1.83 bits per heavy atom. The van der Waals surface area contributed by atoms with Crippen molar-refractivity contribution >= 4 is 5.69 Å². The molecule has 0 spiro atoms. The van der Waals surface area contributed by atoms with Crippen molar-refractivity contribution in [2.24, 2.45) is 0 Å². The normalized spacial score (nSPS) is 10.6. The van der Waals surface area contributed by atoms with Gasteiger partial charge < -0.3 is 14.4 Å². The maximum absolute atomic E-state index is 11.2. The molecule has 0 radical (unpaired) electrons. The summed E-state index contributed by atoms with van der Waals surface area (Å²) in [6, 6.07) is 1.53. The van der Waals surface area contributed by atoms with Gasteiger partial charge in [-0.3, -0.25) is 4.79 Å². The first kappa shape index (κ1) is 14.7. The average molecular weight is 255 g/mol. The molecule has 1 rings (SSSR count). The minimum Gasteiger partial charge on any atom is -0.380 e. The van der Waals surface area contributed by atoms with Gasteiger partial charge in [-0.05, 0) is 13.8 Å². The summed E-state index contributed by atoms with van der Waals surface area (Å²) >= 11 is 0. The van der Waals surface area contributed by atoms with E-state index in [1.165, 1.54) is 6.07 Å². The van der Waals surface area contributed by atoms with Gasteiger partial charge in [-0.25, -0.2) is 5.10 Å². The molecule has 0 atom stereocenters. The molecule has 0 aliphatic rings.